The van der Waals surface area contributed by atoms with Gasteiger partial charge in [-0.1, -0.05) is 13.8 Å². The predicted octanol–water partition coefficient (Wildman–Crippen LogP) is 0.703. The first-order chi connectivity index (χ1) is 10.6. The fraction of sp³-hybridized carbons (Fsp3) is 0.800. The van der Waals surface area contributed by atoms with E-state index in [2.05, 4.69) is 44.2 Å². The minimum Gasteiger partial charge on any atom is -0.381 e. The maximum atomic E-state index is 5.49. The molecule has 1 saturated carbocycles. The number of methoxy groups -OCH3 is 1. The Hall–Kier alpha value is -1.63. The van der Waals surface area contributed by atoms with Crippen molar-refractivity contribution >= 4 is 5.96 Å². The van der Waals surface area contributed by atoms with Crippen LogP contribution in [0.15, 0.2) is 4.99 Å². The van der Waals surface area contributed by atoms with Gasteiger partial charge in [0.25, 0.3) is 0 Å². The number of ether oxygens (including phenoxy) is 1. The molecule has 2 aliphatic rings. The van der Waals surface area contributed by atoms with E-state index in [0.717, 1.165) is 37.0 Å². The zero-order valence-electron chi connectivity index (χ0n) is 13.9. The Morgan fingerprint density at radius 1 is 1.45 bits per heavy atom. The topological polar surface area (TPSA) is 76.4 Å². The molecule has 2 unspecified atom stereocenters. The molecular weight excluding hydrogens is 280 g/mol. The van der Waals surface area contributed by atoms with Gasteiger partial charge in [0.05, 0.1) is 12.6 Å². The summed E-state index contributed by atoms with van der Waals surface area (Å²) in [6.45, 7) is 6.12. The molecule has 2 atom stereocenters. The molecule has 1 fully saturated rings. The molecule has 1 aliphatic heterocycles. The molecule has 0 saturated heterocycles. The van der Waals surface area contributed by atoms with E-state index in [1.165, 1.54) is 6.42 Å². The Balaban J connectivity index is 1.55. The standard InChI is InChI=1S/C15H26N6O/c1-15(2)10(8-11(15)22-4)18-14(16-3)17-9-13-20-19-12-6-5-7-21(12)13/h10-11H,5-9H2,1-4H3,(H2,16,17,18). The van der Waals surface area contributed by atoms with Crippen LogP contribution in [0.3, 0.4) is 0 Å². The molecule has 122 valence electrons. The Morgan fingerprint density at radius 2 is 2.27 bits per heavy atom. The average molecular weight is 306 g/mol. The maximum absolute atomic E-state index is 5.49. The number of rotatable bonds is 4. The molecule has 2 heterocycles. The lowest BCUT2D eigenvalue weighted by Gasteiger charge is -2.51. The summed E-state index contributed by atoms with van der Waals surface area (Å²) in [4.78, 5) is 4.32. The number of nitrogens with zero attached hydrogens (tertiary/aromatic N) is 4. The van der Waals surface area contributed by atoms with E-state index >= 15 is 0 Å². The number of fused-ring (bicyclic) bond motifs is 1. The van der Waals surface area contributed by atoms with Crippen LogP contribution in [0.2, 0.25) is 0 Å². The van der Waals surface area contributed by atoms with Crippen LogP contribution in [0.4, 0.5) is 0 Å². The number of nitrogens with one attached hydrogen (secondary N) is 2. The molecule has 0 amide bonds. The molecule has 1 aliphatic carbocycles. The highest BCUT2D eigenvalue weighted by molar-refractivity contribution is 5.80. The SMILES string of the molecule is CN=C(NCc1nnc2n1CCC2)NC1CC(OC)C1(C)C. The summed E-state index contributed by atoms with van der Waals surface area (Å²) in [5, 5.41) is 15.3. The minimum atomic E-state index is 0.114. The molecule has 1 aromatic rings. The normalized spacial score (nSPS) is 26.5. The van der Waals surface area contributed by atoms with Crippen LogP contribution >= 0.6 is 0 Å². The lowest BCUT2D eigenvalue weighted by molar-refractivity contribution is -0.0922. The first-order valence-corrected chi connectivity index (χ1v) is 7.97. The summed E-state index contributed by atoms with van der Waals surface area (Å²) in [5.74, 6) is 2.89. The van der Waals surface area contributed by atoms with E-state index in [1.807, 2.05) is 0 Å². The van der Waals surface area contributed by atoms with Crippen LogP contribution in [0.1, 0.15) is 38.3 Å². The number of guanidine groups is 1. The molecular formula is C15H26N6O. The van der Waals surface area contributed by atoms with Crippen molar-refractivity contribution in [2.24, 2.45) is 10.4 Å². The highest BCUT2D eigenvalue weighted by Gasteiger charge is 2.48. The molecule has 1 aromatic heterocycles. The van der Waals surface area contributed by atoms with Gasteiger partial charge in [0, 0.05) is 38.6 Å². The van der Waals surface area contributed by atoms with E-state index in [-0.39, 0.29) is 5.41 Å². The molecule has 0 bridgehead atoms. The first-order valence-electron chi connectivity index (χ1n) is 7.97. The number of hydrogen-bond donors (Lipinski definition) is 2. The van der Waals surface area contributed by atoms with E-state index < -0.39 is 0 Å². The molecule has 7 nitrogen and oxygen atoms in total. The lowest BCUT2D eigenvalue weighted by Crippen LogP contribution is -2.63. The van der Waals surface area contributed by atoms with Crippen molar-refractivity contribution in [3.8, 4) is 0 Å². The molecule has 3 rings (SSSR count). The van der Waals surface area contributed by atoms with E-state index in [4.69, 9.17) is 4.74 Å². The van der Waals surface area contributed by atoms with Gasteiger partial charge in [-0.2, -0.15) is 0 Å². The second kappa shape index (κ2) is 5.87. The third kappa shape index (κ3) is 2.58. The van der Waals surface area contributed by atoms with Gasteiger partial charge < -0.3 is 19.9 Å². The van der Waals surface area contributed by atoms with Crippen LogP contribution in [0.5, 0.6) is 0 Å². The van der Waals surface area contributed by atoms with Crippen LogP contribution in [-0.2, 0) is 24.2 Å². The van der Waals surface area contributed by atoms with E-state index in [1.54, 1.807) is 14.2 Å². The van der Waals surface area contributed by atoms with Gasteiger partial charge in [-0.25, -0.2) is 0 Å². The number of hydrogen-bond acceptors (Lipinski definition) is 4. The van der Waals surface area contributed by atoms with Crippen LogP contribution in [-0.4, -0.2) is 47.0 Å². The van der Waals surface area contributed by atoms with Crippen molar-refractivity contribution in [1.82, 2.24) is 25.4 Å². The first kappa shape index (κ1) is 15.3. The van der Waals surface area contributed by atoms with Crippen molar-refractivity contribution in [2.45, 2.75) is 58.3 Å². The molecule has 7 heteroatoms. The number of aryl methyl sites for hydroxylation is 1. The van der Waals surface area contributed by atoms with E-state index in [0.29, 0.717) is 18.7 Å². The zero-order valence-corrected chi connectivity index (χ0v) is 13.9. The monoisotopic (exact) mass is 306 g/mol. The van der Waals surface area contributed by atoms with Crippen molar-refractivity contribution in [1.29, 1.82) is 0 Å². The summed E-state index contributed by atoms with van der Waals surface area (Å²) >= 11 is 0. The van der Waals surface area contributed by atoms with Crippen LogP contribution in [0, 0.1) is 5.41 Å². The Labute approximate surface area is 131 Å². The third-order valence-corrected chi connectivity index (χ3v) is 5.10. The minimum absolute atomic E-state index is 0.114. The molecule has 0 aromatic carbocycles. The third-order valence-electron chi connectivity index (χ3n) is 5.10. The Morgan fingerprint density at radius 3 is 2.95 bits per heavy atom. The van der Waals surface area contributed by atoms with Crippen molar-refractivity contribution in [2.75, 3.05) is 14.2 Å². The van der Waals surface area contributed by atoms with Gasteiger partial charge in [-0.05, 0) is 12.8 Å². The van der Waals surface area contributed by atoms with E-state index in [9.17, 15) is 0 Å². The average Bonchev–Trinajstić information content (AvgIpc) is 3.10. The molecule has 22 heavy (non-hydrogen) atoms. The fourth-order valence-electron chi connectivity index (χ4n) is 3.39. The van der Waals surface area contributed by atoms with Gasteiger partial charge in [-0.15, -0.1) is 10.2 Å². The van der Waals surface area contributed by atoms with Gasteiger partial charge >= 0.3 is 0 Å². The second-order valence-electron chi connectivity index (χ2n) is 6.69. The number of aromatic nitrogens is 3. The molecule has 0 spiro atoms. The lowest BCUT2D eigenvalue weighted by atomic mass is 9.64. The molecule has 0 radical (unpaired) electrons. The highest BCUT2D eigenvalue weighted by Crippen LogP contribution is 2.42. The Kier molecular flexibility index (Phi) is 4.08. The predicted molar refractivity (Wildman–Crippen MR) is 84.7 cm³/mol. The number of aliphatic imine (C=N–C) groups is 1. The highest BCUT2D eigenvalue weighted by atomic mass is 16.5. The second-order valence-corrected chi connectivity index (χ2v) is 6.69. The van der Waals surface area contributed by atoms with Crippen LogP contribution in [0.25, 0.3) is 0 Å². The summed E-state index contributed by atoms with van der Waals surface area (Å²) in [7, 11) is 3.57. The smallest absolute Gasteiger partial charge is 0.191 e. The zero-order chi connectivity index (χ0) is 15.7. The van der Waals surface area contributed by atoms with Gasteiger partial charge in [0.1, 0.15) is 5.82 Å². The summed E-state index contributed by atoms with van der Waals surface area (Å²) < 4.78 is 7.70. The summed E-state index contributed by atoms with van der Waals surface area (Å²) in [6, 6.07) is 0.368. The van der Waals surface area contributed by atoms with Gasteiger partial charge in [0.15, 0.2) is 11.8 Å². The van der Waals surface area contributed by atoms with Crippen molar-refractivity contribution in [3.05, 3.63) is 11.6 Å². The van der Waals surface area contributed by atoms with Crippen LogP contribution < -0.4 is 10.6 Å². The molecule has 2 N–H and O–H groups in total. The summed E-state index contributed by atoms with van der Waals surface area (Å²) in [5.41, 5.74) is 0.114. The summed E-state index contributed by atoms with van der Waals surface area (Å²) in [6.07, 6.45) is 3.52. The Bertz CT molecular complexity index is 564. The van der Waals surface area contributed by atoms with Crippen molar-refractivity contribution < 1.29 is 4.74 Å². The van der Waals surface area contributed by atoms with Gasteiger partial charge in [-0.3, -0.25) is 4.99 Å². The quantitative estimate of drug-likeness (QED) is 0.633. The fourth-order valence-corrected chi connectivity index (χ4v) is 3.39. The maximum Gasteiger partial charge on any atom is 0.191 e. The van der Waals surface area contributed by atoms with Gasteiger partial charge in [0.2, 0.25) is 0 Å². The van der Waals surface area contributed by atoms with Crippen molar-refractivity contribution in [3.63, 3.8) is 0 Å². The largest absolute Gasteiger partial charge is 0.381 e.